The Labute approximate surface area is 117 Å². The van der Waals surface area contributed by atoms with Crippen LogP contribution in [0.1, 0.15) is 35.5 Å². The van der Waals surface area contributed by atoms with E-state index < -0.39 is 0 Å². The average molecular weight is 274 g/mol. The molecule has 1 saturated heterocycles. The lowest BCUT2D eigenvalue weighted by molar-refractivity contribution is 0.0601. The maximum Gasteiger partial charge on any atom is 0.337 e. The molecule has 0 spiro atoms. The Bertz CT molecular complexity index is 615. The summed E-state index contributed by atoms with van der Waals surface area (Å²) in [4.78, 5) is 18.3. The number of aromatic nitrogens is 1. The van der Waals surface area contributed by atoms with Crippen molar-refractivity contribution in [2.75, 3.05) is 20.2 Å². The van der Waals surface area contributed by atoms with Gasteiger partial charge in [-0.05, 0) is 44.1 Å². The van der Waals surface area contributed by atoms with Gasteiger partial charge in [-0.1, -0.05) is 6.42 Å². The normalized spacial score (nSPS) is 16.4. The van der Waals surface area contributed by atoms with E-state index in [4.69, 9.17) is 9.15 Å². The largest absolute Gasteiger partial charge is 0.465 e. The van der Waals surface area contributed by atoms with Crippen molar-refractivity contribution in [1.82, 2.24) is 9.88 Å². The van der Waals surface area contributed by atoms with E-state index in [1.165, 1.54) is 26.4 Å². The Morgan fingerprint density at radius 3 is 2.90 bits per heavy atom. The molecule has 1 aromatic carbocycles. The Morgan fingerprint density at radius 2 is 2.15 bits per heavy atom. The van der Waals surface area contributed by atoms with E-state index in [2.05, 4.69) is 9.88 Å². The van der Waals surface area contributed by atoms with E-state index in [0.29, 0.717) is 22.6 Å². The molecule has 0 atom stereocenters. The number of carbonyl (C=O) groups is 1. The van der Waals surface area contributed by atoms with Crippen LogP contribution in [0.2, 0.25) is 0 Å². The first kappa shape index (κ1) is 13.1. The molecule has 0 aliphatic carbocycles. The predicted molar refractivity (Wildman–Crippen MR) is 74.5 cm³/mol. The smallest absolute Gasteiger partial charge is 0.337 e. The maximum atomic E-state index is 11.5. The van der Waals surface area contributed by atoms with Gasteiger partial charge < -0.3 is 9.15 Å². The highest BCUT2D eigenvalue weighted by atomic mass is 16.5. The minimum Gasteiger partial charge on any atom is -0.465 e. The molecule has 0 unspecified atom stereocenters. The summed E-state index contributed by atoms with van der Waals surface area (Å²) >= 11 is 0. The molecule has 1 aromatic heterocycles. The van der Waals surface area contributed by atoms with Crippen LogP contribution in [-0.2, 0) is 11.3 Å². The molecule has 1 fully saturated rings. The number of piperidine rings is 1. The Hall–Kier alpha value is -1.88. The van der Waals surface area contributed by atoms with Crippen molar-refractivity contribution in [3.63, 3.8) is 0 Å². The molecule has 1 aliphatic rings. The average Bonchev–Trinajstić information content (AvgIpc) is 2.88. The van der Waals surface area contributed by atoms with Crippen molar-refractivity contribution >= 4 is 17.1 Å². The third-order valence-corrected chi connectivity index (χ3v) is 3.66. The second-order valence-electron chi connectivity index (χ2n) is 5.12. The van der Waals surface area contributed by atoms with E-state index >= 15 is 0 Å². The van der Waals surface area contributed by atoms with Crippen LogP contribution in [0.3, 0.4) is 0 Å². The molecule has 5 heteroatoms. The van der Waals surface area contributed by atoms with Crippen molar-refractivity contribution in [2.24, 2.45) is 0 Å². The van der Waals surface area contributed by atoms with Gasteiger partial charge in [0.15, 0.2) is 5.58 Å². The van der Waals surface area contributed by atoms with Crippen LogP contribution in [-0.4, -0.2) is 36.1 Å². The van der Waals surface area contributed by atoms with E-state index in [1.54, 1.807) is 18.2 Å². The van der Waals surface area contributed by atoms with E-state index in [1.807, 2.05) is 0 Å². The Morgan fingerprint density at radius 1 is 1.35 bits per heavy atom. The summed E-state index contributed by atoms with van der Waals surface area (Å²) in [5, 5.41) is 0. The summed E-state index contributed by atoms with van der Waals surface area (Å²) in [6.07, 6.45) is 3.80. The SMILES string of the molecule is COC(=O)c1ccc2oc(CN3CCCCC3)nc2c1. The molecule has 0 bridgehead atoms. The number of rotatable bonds is 3. The fraction of sp³-hybridized carbons (Fsp3) is 0.467. The fourth-order valence-electron chi connectivity index (χ4n) is 2.60. The molecule has 5 nitrogen and oxygen atoms in total. The van der Waals surface area contributed by atoms with Gasteiger partial charge in [0.1, 0.15) is 5.52 Å². The summed E-state index contributed by atoms with van der Waals surface area (Å²) in [6.45, 7) is 2.94. The standard InChI is InChI=1S/C15H18N2O3/c1-19-15(18)11-5-6-13-12(9-11)16-14(20-13)10-17-7-3-2-4-8-17/h5-6,9H,2-4,7-8,10H2,1H3. The zero-order chi connectivity index (χ0) is 13.9. The monoisotopic (exact) mass is 274 g/mol. The molecule has 1 aliphatic heterocycles. The zero-order valence-corrected chi connectivity index (χ0v) is 11.6. The first-order valence-corrected chi connectivity index (χ1v) is 6.96. The van der Waals surface area contributed by atoms with Crippen molar-refractivity contribution < 1.29 is 13.9 Å². The number of carbonyl (C=O) groups excluding carboxylic acids is 1. The van der Waals surface area contributed by atoms with Crippen LogP contribution in [0.25, 0.3) is 11.1 Å². The number of oxazole rings is 1. The first-order chi connectivity index (χ1) is 9.76. The molecule has 3 rings (SSSR count). The molecule has 0 amide bonds. The number of hydrogen-bond acceptors (Lipinski definition) is 5. The number of likely N-dealkylation sites (tertiary alicyclic amines) is 1. The molecular weight excluding hydrogens is 256 g/mol. The Kier molecular flexibility index (Phi) is 3.69. The first-order valence-electron chi connectivity index (χ1n) is 6.96. The van der Waals surface area contributed by atoms with Crippen LogP contribution in [0.5, 0.6) is 0 Å². The van der Waals surface area contributed by atoms with Gasteiger partial charge in [0.05, 0.1) is 19.2 Å². The highest BCUT2D eigenvalue weighted by Gasteiger charge is 2.15. The highest BCUT2D eigenvalue weighted by molar-refractivity contribution is 5.93. The lowest BCUT2D eigenvalue weighted by atomic mass is 10.1. The zero-order valence-electron chi connectivity index (χ0n) is 11.6. The lowest BCUT2D eigenvalue weighted by Gasteiger charge is -2.24. The van der Waals surface area contributed by atoms with Crippen molar-refractivity contribution in [3.8, 4) is 0 Å². The van der Waals surface area contributed by atoms with Gasteiger partial charge in [-0.15, -0.1) is 0 Å². The maximum absolute atomic E-state index is 11.5. The third kappa shape index (κ3) is 2.67. The molecule has 2 heterocycles. The van der Waals surface area contributed by atoms with Crippen molar-refractivity contribution in [2.45, 2.75) is 25.8 Å². The Balaban J connectivity index is 1.81. The topological polar surface area (TPSA) is 55.6 Å². The molecule has 0 radical (unpaired) electrons. The van der Waals surface area contributed by atoms with Crippen molar-refractivity contribution in [1.29, 1.82) is 0 Å². The summed E-state index contributed by atoms with van der Waals surface area (Å²) in [7, 11) is 1.37. The lowest BCUT2D eigenvalue weighted by Crippen LogP contribution is -2.29. The van der Waals surface area contributed by atoms with Gasteiger partial charge in [0.25, 0.3) is 0 Å². The quantitative estimate of drug-likeness (QED) is 0.805. The van der Waals surface area contributed by atoms with Crippen molar-refractivity contribution in [3.05, 3.63) is 29.7 Å². The molecule has 106 valence electrons. The minimum absolute atomic E-state index is 0.354. The number of methoxy groups -OCH3 is 1. The van der Waals surface area contributed by atoms with Gasteiger partial charge in [-0.25, -0.2) is 9.78 Å². The van der Waals surface area contributed by atoms with Gasteiger partial charge in [0, 0.05) is 0 Å². The predicted octanol–water partition coefficient (Wildman–Crippen LogP) is 2.60. The third-order valence-electron chi connectivity index (χ3n) is 3.66. The number of nitrogens with zero attached hydrogens (tertiary/aromatic N) is 2. The number of benzene rings is 1. The van der Waals surface area contributed by atoms with Crippen LogP contribution in [0.15, 0.2) is 22.6 Å². The second kappa shape index (κ2) is 5.63. The van der Waals surface area contributed by atoms with E-state index in [0.717, 1.165) is 19.6 Å². The molecule has 0 N–H and O–H groups in total. The van der Waals surface area contributed by atoms with Crippen LogP contribution >= 0.6 is 0 Å². The summed E-state index contributed by atoms with van der Waals surface area (Å²) in [5.41, 5.74) is 1.92. The van der Waals surface area contributed by atoms with Gasteiger partial charge >= 0.3 is 5.97 Å². The summed E-state index contributed by atoms with van der Waals surface area (Å²) in [6, 6.07) is 5.18. The molecule has 20 heavy (non-hydrogen) atoms. The van der Waals surface area contributed by atoms with Crippen LogP contribution < -0.4 is 0 Å². The van der Waals surface area contributed by atoms with Crippen LogP contribution in [0, 0.1) is 0 Å². The van der Waals surface area contributed by atoms with Crippen LogP contribution in [0.4, 0.5) is 0 Å². The molecule has 0 saturated carbocycles. The van der Waals surface area contributed by atoms with Gasteiger partial charge in [-0.2, -0.15) is 0 Å². The number of esters is 1. The number of fused-ring (bicyclic) bond motifs is 1. The fourth-order valence-corrected chi connectivity index (χ4v) is 2.60. The van der Waals surface area contributed by atoms with Gasteiger partial charge in [0.2, 0.25) is 5.89 Å². The number of ether oxygens (including phenoxy) is 1. The molecular formula is C15H18N2O3. The summed E-state index contributed by atoms with van der Waals surface area (Å²) < 4.78 is 10.4. The van der Waals surface area contributed by atoms with E-state index in [9.17, 15) is 4.79 Å². The van der Waals surface area contributed by atoms with Gasteiger partial charge in [-0.3, -0.25) is 4.90 Å². The summed E-state index contributed by atoms with van der Waals surface area (Å²) in [5.74, 6) is 0.358. The number of hydrogen-bond donors (Lipinski definition) is 0. The molecule has 2 aromatic rings. The minimum atomic E-state index is -0.354. The highest BCUT2D eigenvalue weighted by Crippen LogP contribution is 2.20. The second-order valence-corrected chi connectivity index (χ2v) is 5.12. The van der Waals surface area contributed by atoms with E-state index in [-0.39, 0.29) is 5.97 Å².